The second kappa shape index (κ2) is 7.85. The van der Waals surface area contributed by atoms with E-state index >= 15 is 0 Å². The molecule has 2 aromatic rings. The van der Waals surface area contributed by atoms with Gasteiger partial charge in [-0.3, -0.25) is 4.58 Å². The van der Waals surface area contributed by atoms with Gasteiger partial charge < -0.3 is 0 Å². The highest BCUT2D eigenvalue weighted by molar-refractivity contribution is 5.73. The Morgan fingerprint density at radius 1 is 1.00 bits per heavy atom. The van der Waals surface area contributed by atoms with Crippen molar-refractivity contribution in [2.75, 3.05) is 0 Å². The van der Waals surface area contributed by atoms with Crippen LogP contribution < -0.4 is 0 Å². The Bertz CT molecular complexity index is 1060. The van der Waals surface area contributed by atoms with Crippen LogP contribution in [-0.4, -0.2) is 22.6 Å². The molecule has 0 N–H and O–H groups in total. The van der Waals surface area contributed by atoms with Crippen molar-refractivity contribution in [3.05, 3.63) is 127 Å². The predicted molar refractivity (Wildman–Crippen MR) is 117 cm³/mol. The molecule has 0 atom stereocenters. The lowest BCUT2D eigenvalue weighted by Gasteiger charge is -2.22. The fourth-order valence-corrected chi connectivity index (χ4v) is 3.35. The molecule has 0 fully saturated rings. The normalized spacial score (nSPS) is 16.9. The summed E-state index contributed by atoms with van der Waals surface area (Å²) in [4.78, 5) is 0. The Hall–Kier alpha value is -3.78. The summed E-state index contributed by atoms with van der Waals surface area (Å²) in [6.45, 7) is 8.33. The molecular weight excluding hydrogens is 340 g/mol. The van der Waals surface area contributed by atoms with E-state index in [0.29, 0.717) is 0 Å². The molecule has 2 nitrogen and oxygen atoms in total. The first-order valence-corrected chi connectivity index (χ1v) is 9.23. The Morgan fingerprint density at radius 3 is 2.61 bits per heavy atom. The molecule has 2 heteroatoms. The molecule has 1 aliphatic carbocycles. The number of rotatable bonds is 4. The minimum absolute atomic E-state index is 1.06. The molecule has 0 aromatic heterocycles. The third-order valence-electron chi connectivity index (χ3n) is 4.73. The van der Waals surface area contributed by atoms with Gasteiger partial charge in [0.2, 0.25) is 5.69 Å². The van der Waals surface area contributed by atoms with E-state index in [4.69, 9.17) is 0 Å². The Balaban J connectivity index is 1.64. The fraction of sp³-hybridized carbons (Fsp3) is 0. The summed E-state index contributed by atoms with van der Waals surface area (Å²) in [6, 6.07) is 19.8. The largest absolute Gasteiger partial charge is 0.255 e. The predicted octanol–water partition coefficient (Wildman–Crippen LogP) is 5.61. The highest BCUT2D eigenvalue weighted by atomic mass is 15.0. The van der Waals surface area contributed by atoms with Crippen LogP contribution in [0.4, 0.5) is 5.69 Å². The van der Waals surface area contributed by atoms with Crippen molar-refractivity contribution >= 4 is 19.1 Å². The van der Waals surface area contributed by atoms with Gasteiger partial charge in [-0.15, -0.1) is 30.7 Å². The third kappa shape index (κ3) is 3.67. The first-order chi connectivity index (χ1) is 13.7. The molecule has 1 heterocycles. The summed E-state index contributed by atoms with van der Waals surface area (Å²) in [6.07, 6.45) is 18.5. The molecule has 0 spiro atoms. The summed E-state index contributed by atoms with van der Waals surface area (Å²) in [5, 5.41) is 0. The average Bonchev–Trinajstić information content (AvgIpc) is 2.75. The van der Waals surface area contributed by atoms with Crippen LogP contribution in [0, 0.1) is 12.5 Å². The maximum atomic E-state index is 4.27. The van der Waals surface area contributed by atoms with E-state index in [0.717, 1.165) is 28.4 Å². The molecule has 0 unspecified atom stereocenters. The summed E-state index contributed by atoms with van der Waals surface area (Å²) < 4.78 is 3.82. The van der Waals surface area contributed by atoms with Gasteiger partial charge in [-0.1, -0.05) is 59.7 Å². The van der Waals surface area contributed by atoms with Gasteiger partial charge in [0.05, 0.1) is 12.3 Å². The average molecular weight is 362 g/mol. The van der Waals surface area contributed by atoms with E-state index < -0.39 is 0 Å². The van der Waals surface area contributed by atoms with Gasteiger partial charge in [0.25, 0.3) is 0 Å². The van der Waals surface area contributed by atoms with Crippen molar-refractivity contribution < 1.29 is 9.15 Å². The Morgan fingerprint density at radius 2 is 1.79 bits per heavy atom. The van der Waals surface area contributed by atoms with E-state index in [1.165, 1.54) is 5.56 Å². The SMILES string of the molecule is C=[N+](C=C1C=C([C-]2C=CC=C[N+]2=C)C=C[CH-]1)c1ccccc1-c1ccccc1. The lowest BCUT2D eigenvalue weighted by molar-refractivity contribution is -0.417. The van der Waals surface area contributed by atoms with Crippen LogP contribution in [0.15, 0.2) is 115 Å². The third-order valence-corrected chi connectivity index (χ3v) is 4.73. The molecule has 0 radical (unpaired) electrons. The highest BCUT2D eigenvalue weighted by Gasteiger charge is 2.16. The van der Waals surface area contributed by atoms with Crippen LogP contribution >= 0.6 is 0 Å². The van der Waals surface area contributed by atoms with Crippen molar-refractivity contribution in [1.29, 1.82) is 0 Å². The van der Waals surface area contributed by atoms with E-state index in [9.17, 15) is 0 Å². The first kappa shape index (κ1) is 17.6. The second-order valence-electron chi connectivity index (χ2n) is 6.66. The lowest BCUT2D eigenvalue weighted by Crippen LogP contribution is -2.14. The second-order valence-corrected chi connectivity index (χ2v) is 6.66. The fourth-order valence-electron chi connectivity index (χ4n) is 3.35. The molecule has 28 heavy (non-hydrogen) atoms. The van der Waals surface area contributed by atoms with Crippen LogP contribution in [0.2, 0.25) is 0 Å². The van der Waals surface area contributed by atoms with Crippen molar-refractivity contribution in [3.8, 4) is 11.1 Å². The van der Waals surface area contributed by atoms with Gasteiger partial charge in [-0.2, -0.15) is 0 Å². The van der Waals surface area contributed by atoms with Gasteiger partial charge in [-0.05, 0) is 17.7 Å². The van der Waals surface area contributed by atoms with Gasteiger partial charge >= 0.3 is 0 Å². The van der Waals surface area contributed by atoms with Gasteiger partial charge in [0.15, 0.2) is 0 Å². The van der Waals surface area contributed by atoms with E-state index in [2.05, 4.69) is 92.8 Å². The Labute approximate surface area is 166 Å². The van der Waals surface area contributed by atoms with Crippen LogP contribution in [0.25, 0.3) is 11.1 Å². The summed E-state index contributed by atoms with van der Waals surface area (Å²) in [5.41, 5.74) is 5.60. The smallest absolute Gasteiger partial charge is 0.209 e. The molecule has 2 aliphatic rings. The molecule has 4 rings (SSSR count). The molecule has 0 amide bonds. The van der Waals surface area contributed by atoms with Crippen LogP contribution in [-0.2, 0) is 0 Å². The van der Waals surface area contributed by atoms with Crippen molar-refractivity contribution in [3.63, 3.8) is 0 Å². The molecule has 1 aliphatic heterocycles. The zero-order valence-corrected chi connectivity index (χ0v) is 15.7. The molecule has 2 aromatic carbocycles. The van der Waals surface area contributed by atoms with Crippen LogP contribution in [0.1, 0.15) is 0 Å². The topological polar surface area (TPSA) is 6.02 Å². The maximum Gasteiger partial charge on any atom is 0.209 e. The van der Waals surface area contributed by atoms with E-state index in [1.807, 2.05) is 39.6 Å². The molecular formula is C26H22N2. The minimum atomic E-state index is 1.06. The number of allylic oxidation sites excluding steroid dienone is 5. The number of para-hydroxylation sites is 1. The van der Waals surface area contributed by atoms with E-state index in [1.54, 1.807) is 0 Å². The van der Waals surface area contributed by atoms with E-state index in [-0.39, 0.29) is 0 Å². The monoisotopic (exact) mass is 362 g/mol. The first-order valence-electron chi connectivity index (χ1n) is 9.23. The maximum absolute atomic E-state index is 4.27. The number of benzene rings is 2. The Kier molecular flexibility index (Phi) is 4.94. The summed E-state index contributed by atoms with van der Waals surface area (Å²) in [5.74, 6) is 0. The van der Waals surface area contributed by atoms with Gasteiger partial charge in [0, 0.05) is 6.07 Å². The number of nitrogens with zero attached hydrogens (tertiary/aromatic N) is 2. The number of hydrogen-bond donors (Lipinski definition) is 0. The molecule has 0 bridgehead atoms. The quantitative estimate of drug-likeness (QED) is 0.379. The molecule has 0 saturated heterocycles. The van der Waals surface area contributed by atoms with Gasteiger partial charge in [-0.25, -0.2) is 4.58 Å². The summed E-state index contributed by atoms with van der Waals surface area (Å²) in [7, 11) is 0. The molecule has 0 saturated carbocycles. The van der Waals surface area contributed by atoms with Crippen molar-refractivity contribution in [1.82, 2.24) is 0 Å². The van der Waals surface area contributed by atoms with Gasteiger partial charge in [0.1, 0.15) is 25.2 Å². The standard InChI is InChI=1S/C26H22N2/c1-27-18-9-8-16-25(27)23-14-10-11-21(19-23)20-28(2)26-17-7-6-15-24(26)22-12-4-3-5-13-22/h3-20H,1-2H2. The number of hydrogen-bond acceptors (Lipinski definition) is 0. The zero-order valence-electron chi connectivity index (χ0n) is 15.7. The zero-order chi connectivity index (χ0) is 19.3. The highest BCUT2D eigenvalue weighted by Crippen LogP contribution is 2.31. The molecule has 136 valence electrons. The minimum Gasteiger partial charge on any atom is -0.255 e. The lowest BCUT2D eigenvalue weighted by atomic mass is 9.95. The van der Waals surface area contributed by atoms with Crippen LogP contribution in [0.5, 0.6) is 0 Å². The van der Waals surface area contributed by atoms with Crippen molar-refractivity contribution in [2.24, 2.45) is 0 Å². The van der Waals surface area contributed by atoms with Crippen molar-refractivity contribution in [2.45, 2.75) is 0 Å². The van der Waals surface area contributed by atoms with Crippen LogP contribution in [0.3, 0.4) is 0 Å². The summed E-state index contributed by atoms with van der Waals surface area (Å²) >= 11 is 0.